The van der Waals surface area contributed by atoms with Crippen molar-refractivity contribution < 1.29 is 4.79 Å². The summed E-state index contributed by atoms with van der Waals surface area (Å²) in [5, 5.41) is 8.20. The molecule has 3 rings (SSSR count). The fourth-order valence-corrected chi connectivity index (χ4v) is 2.37. The molecule has 2 aromatic heterocycles. The van der Waals surface area contributed by atoms with Crippen LogP contribution in [0.15, 0.2) is 49.2 Å². The normalized spacial score (nSPS) is 10.6. The molecule has 0 bridgehead atoms. The highest BCUT2D eigenvalue weighted by Crippen LogP contribution is 2.24. The molecule has 0 fully saturated rings. The van der Waals surface area contributed by atoms with E-state index < -0.39 is 0 Å². The standard InChI is InChI=1S/C17H16N4O/c1-4-16(22)19-13-9-14-12(3)20-21(17(14)18-10-13)15-8-6-5-7-11(15)2/h4-10H,1H2,2-3H3,(H,19,22). The van der Waals surface area contributed by atoms with Crippen LogP contribution in [0.1, 0.15) is 11.3 Å². The van der Waals surface area contributed by atoms with Gasteiger partial charge < -0.3 is 5.32 Å². The number of hydrogen-bond donors (Lipinski definition) is 1. The van der Waals surface area contributed by atoms with Crippen molar-refractivity contribution in [2.75, 3.05) is 5.32 Å². The Bertz CT molecular complexity index is 879. The Labute approximate surface area is 128 Å². The molecule has 2 heterocycles. The van der Waals surface area contributed by atoms with E-state index in [1.807, 2.05) is 48.9 Å². The van der Waals surface area contributed by atoms with Gasteiger partial charge in [0, 0.05) is 5.39 Å². The number of amides is 1. The molecule has 0 atom stereocenters. The van der Waals surface area contributed by atoms with Crippen LogP contribution >= 0.6 is 0 Å². The Morgan fingerprint density at radius 1 is 1.32 bits per heavy atom. The minimum absolute atomic E-state index is 0.259. The van der Waals surface area contributed by atoms with E-state index in [-0.39, 0.29) is 5.91 Å². The number of aryl methyl sites for hydroxylation is 2. The molecule has 5 nitrogen and oxygen atoms in total. The summed E-state index contributed by atoms with van der Waals surface area (Å²) in [5.74, 6) is -0.259. The lowest BCUT2D eigenvalue weighted by atomic mass is 10.2. The fourth-order valence-electron chi connectivity index (χ4n) is 2.37. The fraction of sp³-hybridized carbons (Fsp3) is 0.118. The van der Waals surface area contributed by atoms with Crippen molar-refractivity contribution >= 4 is 22.6 Å². The molecule has 0 aliphatic heterocycles. The molecule has 0 aliphatic carbocycles. The highest BCUT2D eigenvalue weighted by Gasteiger charge is 2.12. The zero-order valence-electron chi connectivity index (χ0n) is 12.5. The summed E-state index contributed by atoms with van der Waals surface area (Å²) in [5.41, 5.74) is 4.38. The van der Waals surface area contributed by atoms with E-state index in [2.05, 4.69) is 22.0 Å². The number of fused-ring (bicyclic) bond motifs is 1. The first-order valence-electron chi connectivity index (χ1n) is 6.95. The van der Waals surface area contributed by atoms with Crippen LogP contribution in [0.2, 0.25) is 0 Å². The lowest BCUT2D eigenvalue weighted by Gasteiger charge is -2.06. The van der Waals surface area contributed by atoms with Gasteiger partial charge in [-0.2, -0.15) is 5.10 Å². The predicted molar refractivity (Wildman–Crippen MR) is 87.2 cm³/mol. The van der Waals surface area contributed by atoms with Crippen molar-refractivity contribution in [2.45, 2.75) is 13.8 Å². The van der Waals surface area contributed by atoms with Crippen LogP contribution in [-0.4, -0.2) is 20.7 Å². The Kier molecular flexibility index (Phi) is 3.47. The molecule has 0 saturated carbocycles. The van der Waals surface area contributed by atoms with Gasteiger partial charge in [0.05, 0.1) is 23.3 Å². The number of para-hydroxylation sites is 1. The smallest absolute Gasteiger partial charge is 0.247 e. The SMILES string of the molecule is C=CC(=O)Nc1cnc2c(c1)c(C)nn2-c1ccccc1C. The number of carbonyl (C=O) groups is 1. The summed E-state index contributed by atoms with van der Waals surface area (Å²) in [7, 11) is 0. The van der Waals surface area contributed by atoms with E-state index in [1.165, 1.54) is 6.08 Å². The number of hydrogen-bond acceptors (Lipinski definition) is 3. The topological polar surface area (TPSA) is 59.8 Å². The molecule has 110 valence electrons. The summed E-state index contributed by atoms with van der Waals surface area (Å²) in [4.78, 5) is 15.9. The highest BCUT2D eigenvalue weighted by atomic mass is 16.1. The maximum atomic E-state index is 11.4. The maximum Gasteiger partial charge on any atom is 0.247 e. The molecule has 0 saturated heterocycles. The van der Waals surface area contributed by atoms with Gasteiger partial charge in [0.25, 0.3) is 0 Å². The lowest BCUT2D eigenvalue weighted by Crippen LogP contribution is -2.07. The first kappa shape index (κ1) is 14.0. The first-order valence-corrected chi connectivity index (χ1v) is 6.95. The van der Waals surface area contributed by atoms with E-state index in [0.29, 0.717) is 5.69 Å². The van der Waals surface area contributed by atoms with Gasteiger partial charge in [-0.1, -0.05) is 24.8 Å². The molecule has 0 unspecified atom stereocenters. The molecule has 3 aromatic rings. The second kappa shape index (κ2) is 5.44. The van der Waals surface area contributed by atoms with E-state index in [4.69, 9.17) is 0 Å². The van der Waals surface area contributed by atoms with Gasteiger partial charge >= 0.3 is 0 Å². The Morgan fingerprint density at radius 3 is 2.82 bits per heavy atom. The second-order valence-corrected chi connectivity index (χ2v) is 5.07. The van der Waals surface area contributed by atoms with Crippen LogP contribution < -0.4 is 5.32 Å². The van der Waals surface area contributed by atoms with Crippen LogP contribution in [0.3, 0.4) is 0 Å². The molecule has 0 aliphatic rings. The summed E-state index contributed by atoms with van der Waals surface area (Å²) >= 11 is 0. The number of pyridine rings is 1. The van der Waals surface area contributed by atoms with E-state index in [9.17, 15) is 4.79 Å². The molecule has 1 amide bonds. The zero-order chi connectivity index (χ0) is 15.7. The van der Waals surface area contributed by atoms with Crippen LogP contribution in [0.4, 0.5) is 5.69 Å². The van der Waals surface area contributed by atoms with Crippen LogP contribution in [-0.2, 0) is 4.79 Å². The second-order valence-electron chi connectivity index (χ2n) is 5.07. The van der Waals surface area contributed by atoms with Gasteiger partial charge in [-0.3, -0.25) is 4.79 Å². The van der Waals surface area contributed by atoms with Gasteiger partial charge in [-0.25, -0.2) is 9.67 Å². The quantitative estimate of drug-likeness (QED) is 0.754. The van der Waals surface area contributed by atoms with Crippen molar-refractivity contribution in [3.8, 4) is 5.69 Å². The molecule has 1 N–H and O–H groups in total. The third-order valence-electron chi connectivity index (χ3n) is 3.50. The average molecular weight is 292 g/mol. The summed E-state index contributed by atoms with van der Waals surface area (Å²) in [6.07, 6.45) is 2.85. The summed E-state index contributed by atoms with van der Waals surface area (Å²) < 4.78 is 1.83. The predicted octanol–water partition coefficient (Wildman–Crippen LogP) is 3.16. The van der Waals surface area contributed by atoms with Crippen molar-refractivity contribution in [1.82, 2.24) is 14.8 Å². The average Bonchev–Trinajstić information content (AvgIpc) is 2.84. The number of aromatic nitrogens is 3. The monoisotopic (exact) mass is 292 g/mol. The molecule has 0 radical (unpaired) electrons. The number of rotatable bonds is 3. The molecular formula is C17H16N4O. The van der Waals surface area contributed by atoms with Gasteiger partial charge in [-0.15, -0.1) is 0 Å². The van der Waals surface area contributed by atoms with E-state index >= 15 is 0 Å². The van der Waals surface area contributed by atoms with Crippen molar-refractivity contribution in [1.29, 1.82) is 0 Å². The Hall–Kier alpha value is -2.95. The summed E-state index contributed by atoms with van der Waals surface area (Å²) in [6.45, 7) is 7.41. The van der Waals surface area contributed by atoms with Crippen molar-refractivity contribution in [2.24, 2.45) is 0 Å². The van der Waals surface area contributed by atoms with Gasteiger partial charge in [0.15, 0.2) is 5.65 Å². The molecule has 5 heteroatoms. The first-order chi connectivity index (χ1) is 10.6. The lowest BCUT2D eigenvalue weighted by molar-refractivity contribution is -0.111. The van der Waals surface area contributed by atoms with E-state index in [1.54, 1.807) is 6.20 Å². The minimum Gasteiger partial charge on any atom is -0.321 e. The molecular weight excluding hydrogens is 276 g/mol. The number of carbonyl (C=O) groups excluding carboxylic acids is 1. The zero-order valence-corrected chi connectivity index (χ0v) is 12.5. The summed E-state index contributed by atoms with van der Waals surface area (Å²) in [6, 6.07) is 9.89. The van der Waals surface area contributed by atoms with Crippen LogP contribution in [0, 0.1) is 13.8 Å². The van der Waals surface area contributed by atoms with Crippen molar-refractivity contribution in [3.05, 3.63) is 60.4 Å². The molecule has 1 aromatic carbocycles. The third kappa shape index (κ3) is 2.37. The van der Waals surface area contributed by atoms with Crippen LogP contribution in [0.25, 0.3) is 16.7 Å². The largest absolute Gasteiger partial charge is 0.321 e. The number of benzene rings is 1. The minimum atomic E-state index is -0.259. The van der Waals surface area contributed by atoms with E-state index in [0.717, 1.165) is 28.0 Å². The highest BCUT2D eigenvalue weighted by molar-refractivity contribution is 6.00. The number of nitrogens with one attached hydrogen (secondary N) is 1. The number of anilines is 1. The van der Waals surface area contributed by atoms with Gasteiger partial charge in [-0.05, 0) is 37.6 Å². The molecule has 0 spiro atoms. The van der Waals surface area contributed by atoms with Crippen LogP contribution in [0.5, 0.6) is 0 Å². The van der Waals surface area contributed by atoms with Gasteiger partial charge in [0.1, 0.15) is 0 Å². The third-order valence-corrected chi connectivity index (χ3v) is 3.50. The van der Waals surface area contributed by atoms with Gasteiger partial charge in [0.2, 0.25) is 5.91 Å². The Morgan fingerprint density at radius 2 is 2.09 bits per heavy atom. The Balaban J connectivity index is 2.13. The molecule has 22 heavy (non-hydrogen) atoms. The number of nitrogens with zero attached hydrogens (tertiary/aromatic N) is 3. The van der Waals surface area contributed by atoms with Crippen molar-refractivity contribution in [3.63, 3.8) is 0 Å². The maximum absolute atomic E-state index is 11.4.